The smallest absolute Gasteiger partial charge is 0.407 e. The third kappa shape index (κ3) is 3.88. The van der Waals surface area contributed by atoms with Crippen molar-refractivity contribution in [2.24, 2.45) is 5.92 Å². The van der Waals surface area contributed by atoms with Crippen LogP contribution in [0, 0.1) is 19.8 Å². The maximum absolute atomic E-state index is 12.7. The third-order valence-corrected chi connectivity index (χ3v) is 7.13. The van der Waals surface area contributed by atoms with Crippen LogP contribution in [0.4, 0.5) is 4.79 Å². The standard InChI is InChI=1S/C28H27NO4/c1-16-11-18-13-20(14-19(18)12-17(16)2)26(27(30)31)29-28(32)33-15-25-23-9-5-3-7-21(23)22-8-4-6-10-24(22)25/h3-12,20,25-26H,13-15H2,1-2H3,(H,29,32)(H,30,31)/t26-/m1/s1. The quantitative estimate of drug-likeness (QED) is 0.584. The van der Waals surface area contributed by atoms with E-state index in [0.717, 1.165) is 22.3 Å². The molecule has 0 fully saturated rings. The van der Waals surface area contributed by atoms with E-state index in [9.17, 15) is 14.7 Å². The minimum absolute atomic E-state index is 0.0619. The molecular weight excluding hydrogens is 414 g/mol. The predicted octanol–water partition coefficient (Wildman–Crippen LogP) is 5.01. The number of aryl methyl sites for hydroxylation is 2. The van der Waals surface area contributed by atoms with E-state index in [0.29, 0.717) is 12.8 Å². The van der Waals surface area contributed by atoms with Gasteiger partial charge in [0.05, 0.1) is 0 Å². The normalized spacial score (nSPS) is 15.5. The summed E-state index contributed by atoms with van der Waals surface area (Å²) < 4.78 is 5.58. The number of ether oxygens (including phenoxy) is 1. The highest BCUT2D eigenvalue weighted by Gasteiger charge is 2.36. The van der Waals surface area contributed by atoms with Gasteiger partial charge in [0.2, 0.25) is 0 Å². The number of hydrogen-bond acceptors (Lipinski definition) is 3. The SMILES string of the molecule is Cc1cc2c(cc1C)CC([C@@H](NC(=O)OCC1c3ccccc3-c3ccccc31)C(=O)O)C2. The molecule has 1 amide bonds. The minimum Gasteiger partial charge on any atom is -0.480 e. The van der Waals surface area contributed by atoms with E-state index in [2.05, 4.69) is 55.6 Å². The molecule has 0 unspecified atom stereocenters. The van der Waals surface area contributed by atoms with E-state index < -0.39 is 18.1 Å². The first-order valence-corrected chi connectivity index (χ1v) is 11.4. The van der Waals surface area contributed by atoms with Crippen LogP contribution in [0.5, 0.6) is 0 Å². The average molecular weight is 442 g/mol. The number of hydrogen-bond donors (Lipinski definition) is 2. The number of rotatable bonds is 5. The lowest BCUT2D eigenvalue weighted by atomic mass is 9.96. The molecule has 0 bridgehead atoms. The fourth-order valence-electron chi connectivity index (χ4n) is 5.34. The molecular formula is C28H27NO4. The highest BCUT2D eigenvalue weighted by Crippen LogP contribution is 2.44. The Kier molecular flexibility index (Phi) is 5.41. The number of benzene rings is 3. The molecule has 2 aliphatic carbocycles. The van der Waals surface area contributed by atoms with E-state index >= 15 is 0 Å². The molecule has 168 valence electrons. The maximum Gasteiger partial charge on any atom is 0.407 e. The van der Waals surface area contributed by atoms with E-state index in [-0.39, 0.29) is 18.4 Å². The molecule has 0 radical (unpaired) electrons. The van der Waals surface area contributed by atoms with Crippen LogP contribution in [0.15, 0.2) is 60.7 Å². The van der Waals surface area contributed by atoms with Crippen LogP contribution in [0.3, 0.4) is 0 Å². The monoisotopic (exact) mass is 441 g/mol. The summed E-state index contributed by atoms with van der Waals surface area (Å²) in [5.74, 6) is -1.29. The fraction of sp³-hybridized carbons (Fsp3) is 0.286. The zero-order valence-electron chi connectivity index (χ0n) is 18.8. The number of carbonyl (C=O) groups is 2. The van der Waals surface area contributed by atoms with Crippen LogP contribution in [0.25, 0.3) is 11.1 Å². The molecule has 1 atom stereocenters. The molecule has 5 rings (SSSR count). The van der Waals surface area contributed by atoms with Gasteiger partial charge < -0.3 is 15.2 Å². The molecule has 3 aromatic rings. The van der Waals surface area contributed by atoms with Gasteiger partial charge in [-0.05, 0) is 77.1 Å². The third-order valence-electron chi connectivity index (χ3n) is 7.13. The lowest BCUT2D eigenvalue weighted by Crippen LogP contribution is -2.46. The van der Waals surface area contributed by atoms with Gasteiger partial charge in [0.15, 0.2) is 0 Å². The first kappa shape index (κ1) is 21.3. The maximum atomic E-state index is 12.7. The Hall–Kier alpha value is -3.60. The number of nitrogens with one attached hydrogen (secondary N) is 1. The highest BCUT2D eigenvalue weighted by atomic mass is 16.5. The molecule has 0 saturated carbocycles. The Morgan fingerprint density at radius 2 is 1.45 bits per heavy atom. The van der Waals surface area contributed by atoms with E-state index in [1.807, 2.05) is 24.3 Å². The lowest BCUT2D eigenvalue weighted by Gasteiger charge is -2.21. The minimum atomic E-state index is -1.03. The van der Waals surface area contributed by atoms with Crippen LogP contribution in [-0.4, -0.2) is 29.8 Å². The van der Waals surface area contributed by atoms with Gasteiger partial charge in [0, 0.05) is 5.92 Å². The molecule has 33 heavy (non-hydrogen) atoms. The summed E-state index contributed by atoms with van der Waals surface area (Å²) in [7, 11) is 0. The molecule has 0 aliphatic heterocycles. The van der Waals surface area contributed by atoms with Crippen molar-refractivity contribution in [2.75, 3.05) is 6.61 Å². The van der Waals surface area contributed by atoms with Crippen molar-refractivity contribution in [3.63, 3.8) is 0 Å². The number of carbonyl (C=O) groups excluding carboxylic acids is 1. The first-order valence-electron chi connectivity index (χ1n) is 11.4. The Morgan fingerprint density at radius 3 is 1.97 bits per heavy atom. The molecule has 5 nitrogen and oxygen atoms in total. The van der Waals surface area contributed by atoms with Crippen molar-refractivity contribution in [2.45, 2.75) is 38.6 Å². The van der Waals surface area contributed by atoms with E-state index in [1.54, 1.807) is 0 Å². The molecule has 3 aromatic carbocycles. The van der Waals surface area contributed by atoms with Crippen molar-refractivity contribution in [3.05, 3.63) is 94.0 Å². The first-order chi connectivity index (χ1) is 15.9. The summed E-state index contributed by atoms with van der Waals surface area (Å²) >= 11 is 0. The largest absolute Gasteiger partial charge is 0.480 e. The number of carboxylic acid groups (broad SMARTS) is 1. The lowest BCUT2D eigenvalue weighted by molar-refractivity contribution is -0.140. The number of carboxylic acids is 1. The van der Waals surface area contributed by atoms with Gasteiger partial charge >= 0.3 is 12.1 Å². The van der Waals surface area contributed by atoms with Gasteiger partial charge in [-0.2, -0.15) is 0 Å². The van der Waals surface area contributed by atoms with Gasteiger partial charge in [-0.25, -0.2) is 9.59 Å². The highest BCUT2D eigenvalue weighted by molar-refractivity contribution is 5.81. The second-order valence-electron chi connectivity index (χ2n) is 9.16. The summed E-state index contributed by atoms with van der Waals surface area (Å²) in [6.07, 6.45) is 0.585. The molecule has 0 heterocycles. The summed E-state index contributed by atoms with van der Waals surface area (Å²) in [4.78, 5) is 24.7. The molecule has 0 aromatic heterocycles. The Balaban J connectivity index is 1.27. The second-order valence-corrected chi connectivity index (χ2v) is 9.16. The molecule has 0 spiro atoms. The van der Waals surface area contributed by atoms with E-state index in [1.165, 1.54) is 22.3 Å². The van der Waals surface area contributed by atoms with Gasteiger partial charge in [-0.1, -0.05) is 60.7 Å². The Bertz CT molecular complexity index is 1170. The molecule has 0 saturated heterocycles. The van der Waals surface area contributed by atoms with Crippen molar-refractivity contribution in [1.82, 2.24) is 5.32 Å². The van der Waals surface area contributed by atoms with E-state index in [4.69, 9.17) is 4.74 Å². The number of aliphatic carboxylic acids is 1. The summed E-state index contributed by atoms with van der Waals surface area (Å²) in [6, 6.07) is 19.5. The molecule has 2 aliphatic rings. The zero-order chi connectivity index (χ0) is 23.1. The van der Waals surface area contributed by atoms with Crippen LogP contribution in [0.1, 0.15) is 39.3 Å². The number of fused-ring (bicyclic) bond motifs is 4. The summed E-state index contributed by atoms with van der Waals surface area (Å²) in [5, 5.41) is 12.5. The number of alkyl carbamates (subject to hydrolysis) is 1. The van der Waals surface area contributed by atoms with Crippen LogP contribution in [0.2, 0.25) is 0 Å². The van der Waals surface area contributed by atoms with Crippen LogP contribution < -0.4 is 5.32 Å². The van der Waals surface area contributed by atoms with Crippen molar-refractivity contribution in [3.8, 4) is 11.1 Å². The van der Waals surface area contributed by atoms with Gasteiger partial charge in [0.1, 0.15) is 12.6 Å². The molecule has 5 heteroatoms. The average Bonchev–Trinajstić information content (AvgIpc) is 3.34. The zero-order valence-corrected chi connectivity index (χ0v) is 18.8. The Morgan fingerprint density at radius 1 is 0.939 bits per heavy atom. The summed E-state index contributed by atoms with van der Waals surface area (Å²) in [6.45, 7) is 4.29. The van der Waals surface area contributed by atoms with Gasteiger partial charge in [0.25, 0.3) is 0 Å². The number of amides is 1. The van der Waals surface area contributed by atoms with Crippen LogP contribution >= 0.6 is 0 Å². The van der Waals surface area contributed by atoms with Gasteiger partial charge in [-0.3, -0.25) is 0 Å². The van der Waals surface area contributed by atoms with Gasteiger partial charge in [-0.15, -0.1) is 0 Å². The predicted molar refractivity (Wildman–Crippen MR) is 126 cm³/mol. The van der Waals surface area contributed by atoms with Crippen molar-refractivity contribution < 1.29 is 19.4 Å². The summed E-state index contributed by atoms with van der Waals surface area (Å²) in [5.41, 5.74) is 9.29. The van der Waals surface area contributed by atoms with Crippen molar-refractivity contribution >= 4 is 12.1 Å². The van der Waals surface area contributed by atoms with Crippen molar-refractivity contribution in [1.29, 1.82) is 0 Å². The fourth-order valence-corrected chi connectivity index (χ4v) is 5.34. The Labute approximate surface area is 193 Å². The topological polar surface area (TPSA) is 75.6 Å². The van der Waals surface area contributed by atoms with Crippen LogP contribution in [-0.2, 0) is 22.4 Å². The second kappa shape index (κ2) is 8.39. The molecule has 2 N–H and O–H groups in total.